The zero-order chi connectivity index (χ0) is 22.8. The summed E-state index contributed by atoms with van der Waals surface area (Å²) in [5.41, 5.74) is 1.76. The van der Waals surface area contributed by atoms with Crippen LogP contribution in [0.25, 0.3) is 10.8 Å². The highest BCUT2D eigenvalue weighted by Gasteiger charge is 2.44. The van der Waals surface area contributed by atoms with E-state index < -0.39 is 10.0 Å². The van der Waals surface area contributed by atoms with Gasteiger partial charge in [-0.15, -0.1) is 24.8 Å². The van der Waals surface area contributed by atoms with Crippen molar-refractivity contribution in [2.75, 3.05) is 25.0 Å². The van der Waals surface area contributed by atoms with Gasteiger partial charge >= 0.3 is 0 Å². The molecule has 0 spiro atoms. The number of nitrogens with one attached hydrogen (secondary N) is 3. The number of fused-ring (bicyclic) bond motifs is 1. The molecule has 5 rings (SSSR count). The van der Waals surface area contributed by atoms with E-state index in [9.17, 15) is 13.2 Å². The van der Waals surface area contributed by atoms with Gasteiger partial charge in [0.25, 0.3) is 0 Å². The van der Waals surface area contributed by atoms with E-state index in [-0.39, 0.29) is 47.5 Å². The van der Waals surface area contributed by atoms with Crippen LogP contribution in [0.2, 0.25) is 0 Å². The van der Waals surface area contributed by atoms with Gasteiger partial charge in [0.05, 0.1) is 4.90 Å². The summed E-state index contributed by atoms with van der Waals surface area (Å²) in [4.78, 5) is 17.1. The first-order chi connectivity index (χ1) is 16.0. The van der Waals surface area contributed by atoms with Gasteiger partial charge in [0.2, 0.25) is 15.9 Å². The summed E-state index contributed by atoms with van der Waals surface area (Å²) in [6, 6.07) is 14.6. The summed E-state index contributed by atoms with van der Waals surface area (Å²) in [6.45, 7) is 2.31. The lowest BCUT2D eigenvalue weighted by molar-refractivity contribution is -0.117. The van der Waals surface area contributed by atoms with Gasteiger partial charge in [0, 0.05) is 35.9 Å². The molecule has 2 aliphatic rings. The zero-order valence-corrected chi connectivity index (χ0v) is 21.6. The maximum Gasteiger partial charge on any atom is 0.240 e. The standard InChI is InChI=1S/C25H28N4O3S.2ClH/c30-25(29-21-6-3-20-16-27-11-9-19(20)12-21)24-13-23(24)18-4-7-22(8-5-18)33(31,32)28-15-17-2-1-10-26-14-17;;/h3-9,11-12,16-17,23-24,26,28H,1-2,10,13-15H2,(H,29,30);2*1H/t17-,23-,24+;;/m0../s1. The second kappa shape index (κ2) is 11.7. The lowest BCUT2D eigenvalue weighted by Gasteiger charge is -2.22. The van der Waals surface area contributed by atoms with E-state index in [1.165, 1.54) is 0 Å². The number of pyridine rings is 1. The maximum absolute atomic E-state index is 12.7. The normalized spacial score (nSPS) is 21.4. The van der Waals surface area contributed by atoms with Gasteiger partial charge in [0.1, 0.15) is 0 Å². The number of sulfonamides is 1. The van der Waals surface area contributed by atoms with E-state index in [0.717, 1.165) is 54.4 Å². The lowest BCUT2D eigenvalue weighted by atomic mass is 10.0. The smallest absolute Gasteiger partial charge is 0.240 e. The van der Waals surface area contributed by atoms with Crippen molar-refractivity contribution in [1.82, 2.24) is 15.0 Å². The molecule has 1 saturated heterocycles. The quantitative estimate of drug-likeness (QED) is 0.422. The molecule has 3 atom stereocenters. The van der Waals surface area contributed by atoms with E-state index in [0.29, 0.717) is 12.5 Å². The van der Waals surface area contributed by atoms with Gasteiger partial charge in [-0.1, -0.05) is 18.2 Å². The van der Waals surface area contributed by atoms with Crippen molar-refractivity contribution in [1.29, 1.82) is 0 Å². The van der Waals surface area contributed by atoms with E-state index in [1.54, 1.807) is 24.5 Å². The molecule has 1 aromatic heterocycles. The number of aromatic nitrogens is 1. The highest BCUT2D eigenvalue weighted by molar-refractivity contribution is 7.89. The van der Waals surface area contributed by atoms with Crippen LogP contribution >= 0.6 is 24.8 Å². The molecule has 0 unspecified atom stereocenters. The molecule has 1 saturated carbocycles. The number of halogens is 2. The molecule has 1 aliphatic carbocycles. The Morgan fingerprint density at radius 3 is 2.60 bits per heavy atom. The number of hydrogen-bond acceptors (Lipinski definition) is 5. The van der Waals surface area contributed by atoms with E-state index in [4.69, 9.17) is 0 Å². The fourth-order valence-corrected chi connectivity index (χ4v) is 5.67. The summed E-state index contributed by atoms with van der Waals surface area (Å²) in [6.07, 6.45) is 6.41. The Hall–Kier alpha value is -2.23. The predicted molar refractivity (Wildman–Crippen MR) is 143 cm³/mol. The number of amides is 1. The topological polar surface area (TPSA) is 100 Å². The molecule has 2 aromatic carbocycles. The summed E-state index contributed by atoms with van der Waals surface area (Å²) in [7, 11) is -3.53. The van der Waals surface area contributed by atoms with Crippen LogP contribution in [0.1, 0.15) is 30.7 Å². The largest absolute Gasteiger partial charge is 0.326 e. The number of benzene rings is 2. The molecule has 2 fully saturated rings. The Morgan fingerprint density at radius 1 is 1.06 bits per heavy atom. The summed E-state index contributed by atoms with van der Waals surface area (Å²) in [5.74, 6) is 0.343. The molecule has 0 radical (unpaired) electrons. The first-order valence-corrected chi connectivity index (χ1v) is 12.9. The van der Waals surface area contributed by atoms with Crippen molar-refractivity contribution >= 4 is 57.2 Å². The van der Waals surface area contributed by atoms with Crippen molar-refractivity contribution in [3.63, 3.8) is 0 Å². The molecule has 3 N–H and O–H groups in total. The third-order valence-corrected chi connectivity index (χ3v) is 8.05. The molecule has 35 heavy (non-hydrogen) atoms. The minimum Gasteiger partial charge on any atom is -0.326 e. The Labute approximate surface area is 218 Å². The van der Waals surface area contributed by atoms with Gasteiger partial charge in [-0.05, 0) is 85.5 Å². The molecular weight excluding hydrogens is 507 g/mol. The van der Waals surface area contributed by atoms with Crippen LogP contribution in [0.15, 0.2) is 65.8 Å². The van der Waals surface area contributed by atoms with Crippen LogP contribution in [-0.4, -0.2) is 38.9 Å². The van der Waals surface area contributed by atoms with Crippen LogP contribution in [-0.2, 0) is 14.8 Å². The third-order valence-electron chi connectivity index (χ3n) is 6.61. The van der Waals surface area contributed by atoms with Crippen LogP contribution in [0, 0.1) is 11.8 Å². The van der Waals surface area contributed by atoms with Gasteiger partial charge in [0.15, 0.2) is 0 Å². The zero-order valence-electron chi connectivity index (χ0n) is 19.1. The first kappa shape index (κ1) is 27.4. The van der Waals surface area contributed by atoms with E-state index in [2.05, 4.69) is 20.3 Å². The van der Waals surface area contributed by atoms with Crippen molar-refractivity contribution in [2.24, 2.45) is 11.8 Å². The van der Waals surface area contributed by atoms with Crippen LogP contribution in [0.5, 0.6) is 0 Å². The fourth-order valence-electron chi connectivity index (χ4n) is 4.55. The first-order valence-electron chi connectivity index (χ1n) is 11.4. The summed E-state index contributed by atoms with van der Waals surface area (Å²) < 4.78 is 28.0. The Balaban J connectivity index is 0.00000171. The Kier molecular flexibility index (Phi) is 9.12. The predicted octanol–water partition coefficient (Wildman–Crippen LogP) is 4.10. The number of piperidine rings is 1. The SMILES string of the molecule is Cl.Cl.O=C(Nc1ccc2cnccc2c1)[C@@H]1C[C@H]1c1ccc(S(=O)(=O)NC[C@H]2CCCNC2)cc1. The minimum absolute atomic E-state index is 0. The average Bonchev–Trinajstić information content (AvgIpc) is 3.65. The number of carbonyl (C=O) groups is 1. The minimum atomic E-state index is -3.53. The third kappa shape index (κ3) is 6.51. The number of nitrogens with zero attached hydrogens (tertiary/aromatic N) is 1. The van der Waals surface area contributed by atoms with E-state index in [1.807, 2.05) is 36.4 Å². The van der Waals surface area contributed by atoms with Gasteiger partial charge in [-0.25, -0.2) is 13.1 Å². The highest BCUT2D eigenvalue weighted by Crippen LogP contribution is 2.48. The van der Waals surface area contributed by atoms with Crippen LogP contribution < -0.4 is 15.4 Å². The monoisotopic (exact) mass is 536 g/mol. The second-order valence-electron chi connectivity index (χ2n) is 9.01. The van der Waals surface area contributed by atoms with Crippen molar-refractivity contribution < 1.29 is 13.2 Å². The Morgan fingerprint density at radius 2 is 1.86 bits per heavy atom. The van der Waals surface area contributed by atoms with Gasteiger partial charge < -0.3 is 10.6 Å². The van der Waals surface area contributed by atoms with Gasteiger partial charge in [-0.3, -0.25) is 9.78 Å². The van der Waals surface area contributed by atoms with E-state index >= 15 is 0 Å². The molecule has 7 nitrogen and oxygen atoms in total. The van der Waals surface area contributed by atoms with Crippen molar-refractivity contribution in [3.8, 4) is 0 Å². The lowest BCUT2D eigenvalue weighted by Crippen LogP contribution is -2.38. The molecule has 3 aromatic rings. The number of anilines is 1. The van der Waals surface area contributed by atoms with Gasteiger partial charge in [-0.2, -0.15) is 0 Å². The Bertz CT molecular complexity index is 1270. The molecule has 188 valence electrons. The molecule has 0 bridgehead atoms. The molecule has 10 heteroatoms. The number of hydrogen-bond donors (Lipinski definition) is 3. The summed E-state index contributed by atoms with van der Waals surface area (Å²) in [5, 5.41) is 8.37. The summed E-state index contributed by atoms with van der Waals surface area (Å²) >= 11 is 0. The highest BCUT2D eigenvalue weighted by atomic mass is 35.5. The maximum atomic E-state index is 12.7. The number of rotatable bonds is 7. The molecule has 2 heterocycles. The van der Waals surface area contributed by atoms with Crippen LogP contribution in [0.4, 0.5) is 5.69 Å². The number of carbonyl (C=O) groups excluding carboxylic acids is 1. The van der Waals surface area contributed by atoms with Crippen LogP contribution in [0.3, 0.4) is 0 Å². The second-order valence-corrected chi connectivity index (χ2v) is 10.8. The van der Waals surface area contributed by atoms with Crippen molar-refractivity contribution in [2.45, 2.75) is 30.1 Å². The van der Waals surface area contributed by atoms with Crippen molar-refractivity contribution in [3.05, 3.63) is 66.5 Å². The molecule has 1 aliphatic heterocycles. The average molecular weight is 538 g/mol. The fraction of sp³-hybridized carbons (Fsp3) is 0.360. The molecular formula is C25H30Cl2N4O3S. The molecule has 1 amide bonds.